The molecule has 0 aromatic carbocycles. The van der Waals surface area contributed by atoms with Crippen LogP contribution >= 0.6 is 23.1 Å². The van der Waals surface area contributed by atoms with Gasteiger partial charge in [0, 0.05) is 11.1 Å². The minimum atomic E-state index is -1.17. The Morgan fingerprint density at radius 2 is 2.30 bits per heavy atom. The largest absolute Gasteiger partial charge is 0.477 e. The van der Waals surface area contributed by atoms with Crippen molar-refractivity contribution in [1.29, 1.82) is 0 Å². The fraction of sp³-hybridized carbons (Fsp3) is 0.389. The highest BCUT2D eigenvalue weighted by molar-refractivity contribution is 8.00. The van der Waals surface area contributed by atoms with Crippen LogP contribution in [0.3, 0.4) is 0 Å². The van der Waals surface area contributed by atoms with E-state index in [-0.39, 0.29) is 22.2 Å². The molecule has 30 heavy (non-hydrogen) atoms. The summed E-state index contributed by atoms with van der Waals surface area (Å²) >= 11 is 2.53. The van der Waals surface area contributed by atoms with Crippen LogP contribution in [0.25, 0.3) is 0 Å². The van der Waals surface area contributed by atoms with Crippen molar-refractivity contribution in [2.75, 3.05) is 18.6 Å². The maximum atomic E-state index is 12.7. The summed E-state index contributed by atoms with van der Waals surface area (Å²) in [7, 11) is 1.29. The predicted molar refractivity (Wildman–Crippen MR) is 114 cm³/mol. The number of thiazole rings is 1. The number of carboxylic acids is 1. The first kappa shape index (κ1) is 21.8. The van der Waals surface area contributed by atoms with E-state index in [4.69, 9.17) is 10.6 Å². The van der Waals surface area contributed by atoms with Gasteiger partial charge >= 0.3 is 5.97 Å². The number of nitrogens with two attached hydrogens (primary N) is 1. The minimum Gasteiger partial charge on any atom is -0.477 e. The molecule has 1 aromatic heterocycles. The normalized spacial score (nSPS) is 21.5. The standard InChI is InChI=1S/C18H21N5O5S2/c1-3-4-5-6-9-7-29-16-12(15(25)23(16)13(9)17(26)27)21-14(24)11(22-28-2)10-8-30-18(19)20-10/h5-6,8,12,16H,3-4,7H2,1-2H3,(H2,19,20)(H,21,24)(H,26,27)/t12-,16+/m1/s1. The van der Waals surface area contributed by atoms with E-state index in [2.05, 4.69) is 15.5 Å². The van der Waals surface area contributed by atoms with E-state index < -0.39 is 29.2 Å². The van der Waals surface area contributed by atoms with E-state index in [1.807, 2.05) is 13.0 Å². The summed E-state index contributed by atoms with van der Waals surface area (Å²) < 4.78 is 0. The average Bonchev–Trinajstić information content (AvgIpc) is 3.15. The van der Waals surface area contributed by atoms with Crippen molar-refractivity contribution in [2.24, 2.45) is 5.16 Å². The molecule has 0 aliphatic carbocycles. The summed E-state index contributed by atoms with van der Waals surface area (Å²) in [4.78, 5) is 47.2. The molecule has 10 nitrogen and oxygen atoms in total. The van der Waals surface area contributed by atoms with Gasteiger partial charge in [-0.25, -0.2) is 9.78 Å². The molecule has 0 spiro atoms. The highest BCUT2D eigenvalue weighted by Crippen LogP contribution is 2.40. The number of amides is 2. The van der Waals surface area contributed by atoms with Crippen molar-refractivity contribution in [2.45, 2.75) is 31.2 Å². The number of carbonyl (C=O) groups excluding carboxylic acids is 2. The predicted octanol–water partition coefficient (Wildman–Crippen LogP) is 1.17. The number of rotatable bonds is 8. The third kappa shape index (κ3) is 4.19. The van der Waals surface area contributed by atoms with Gasteiger partial charge in [0.15, 0.2) is 10.8 Å². The lowest BCUT2D eigenvalue weighted by molar-refractivity contribution is -0.150. The molecule has 1 fully saturated rings. The lowest BCUT2D eigenvalue weighted by Crippen LogP contribution is -2.71. The number of aliphatic carboxylic acids is 1. The maximum absolute atomic E-state index is 12.7. The van der Waals surface area contributed by atoms with Gasteiger partial charge in [0.25, 0.3) is 11.8 Å². The van der Waals surface area contributed by atoms with Crippen molar-refractivity contribution >= 4 is 51.7 Å². The van der Waals surface area contributed by atoms with Crippen LogP contribution in [0.4, 0.5) is 5.13 Å². The number of aromatic nitrogens is 1. The number of allylic oxidation sites excluding steroid dienone is 2. The van der Waals surface area contributed by atoms with Gasteiger partial charge in [-0.15, -0.1) is 23.1 Å². The monoisotopic (exact) mass is 451 g/mol. The molecule has 0 bridgehead atoms. The Morgan fingerprint density at radius 3 is 2.90 bits per heavy atom. The highest BCUT2D eigenvalue weighted by Gasteiger charge is 2.54. The molecule has 2 atom stereocenters. The second-order valence-corrected chi connectivity index (χ2v) is 8.42. The number of nitrogen functional groups attached to an aromatic ring is 1. The topological polar surface area (TPSA) is 147 Å². The highest BCUT2D eigenvalue weighted by atomic mass is 32.2. The molecule has 2 aliphatic rings. The number of thioether (sulfide) groups is 1. The number of nitrogens with zero attached hydrogens (tertiary/aromatic N) is 3. The molecule has 3 heterocycles. The second-order valence-electron chi connectivity index (χ2n) is 6.42. The van der Waals surface area contributed by atoms with Gasteiger partial charge in [-0.3, -0.25) is 14.5 Å². The van der Waals surface area contributed by atoms with Crippen LogP contribution in [0.5, 0.6) is 0 Å². The number of hydrogen-bond donors (Lipinski definition) is 3. The van der Waals surface area contributed by atoms with E-state index >= 15 is 0 Å². The molecular formula is C18H21N5O5S2. The van der Waals surface area contributed by atoms with Crippen LogP contribution in [0.1, 0.15) is 25.5 Å². The SMILES string of the molecule is CCCC=CC1=C(C(=O)O)N2C(=O)[C@@H](NC(=O)C(=NOC)c3csc(N)n3)[C@@H]2SC1. The van der Waals surface area contributed by atoms with E-state index in [0.29, 0.717) is 11.3 Å². The summed E-state index contributed by atoms with van der Waals surface area (Å²) in [5.74, 6) is -1.90. The molecule has 2 aliphatic heterocycles. The number of carboxylic acid groups (broad SMARTS) is 1. The third-order valence-corrected chi connectivity index (χ3v) is 6.40. The van der Waals surface area contributed by atoms with Gasteiger partial charge in [0.2, 0.25) is 0 Å². The summed E-state index contributed by atoms with van der Waals surface area (Å²) in [5.41, 5.74) is 6.26. The van der Waals surface area contributed by atoms with Crippen LogP contribution in [-0.2, 0) is 19.2 Å². The zero-order valence-corrected chi connectivity index (χ0v) is 18.0. The molecule has 12 heteroatoms. The summed E-state index contributed by atoms with van der Waals surface area (Å²) in [5, 5.41) is 17.3. The van der Waals surface area contributed by atoms with Crippen molar-refractivity contribution in [3.63, 3.8) is 0 Å². The minimum absolute atomic E-state index is 0.0420. The van der Waals surface area contributed by atoms with E-state index in [1.54, 1.807) is 11.5 Å². The Labute approximate surface area is 180 Å². The number of β-lactam (4-membered cyclic amide) rings is 1. The quantitative estimate of drug-likeness (QED) is 0.303. The number of nitrogens with one attached hydrogen (secondary N) is 1. The van der Waals surface area contributed by atoms with Crippen molar-refractivity contribution in [3.8, 4) is 0 Å². The molecule has 0 saturated carbocycles. The van der Waals surface area contributed by atoms with Gasteiger partial charge in [-0.05, 0) is 12.0 Å². The fourth-order valence-electron chi connectivity index (χ4n) is 3.07. The van der Waals surface area contributed by atoms with Crippen LogP contribution < -0.4 is 11.1 Å². The second kappa shape index (κ2) is 9.30. The molecule has 0 radical (unpaired) electrons. The Morgan fingerprint density at radius 1 is 1.53 bits per heavy atom. The third-order valence-electron chi connectivity index (χ3n) is 4.42. The van der Waals surface area contributed by atoms with Gasteiger partial charge in [-0.1, -0.05) is 30.7 Å². The van der Waals surface area contributed by atoms with Crippen molar-refractivity contribution in [3.05, 3.63) is 34.5 Å². The molecule has 2 amide bonds. The average molecular weight is 452 g/mol. The smallest absolute Gasteiger partial charge is 0.352 e. The number of anilines is 1. The molecule has 3 rings (SSSR count). The van der Waals surface area contributed by atoms with Crippen molar-refractivity contribution in [1.82, 2.24) is 15.2 Å². The molecular weight excluding hydrogens is 430 g/mol. The first-order valence-electron chi connectivity index (χ1n) is 9.10. The first-order chi connectivity index (χ1) is 14.4. The lowest BCUT2D eigenvalue weighted by atomic mass is 10.0. The van der Waals surface area contributed by atoms with Crippen LogP contribution in [0, 0.1) is 0 Å². The number of hydrogen-bond acceptors (Lipinski definition) is 9. The number of fused-ring (bicyclic) bond motifs is 1. The number of unbranched alkanes of at least 4 members (excludes halogenated alkanes) is 1. The number of oxime groups is 1. The zero-order chi connectivity index (χ0) is 21.8. The van der Waals surface area contributed by atoms with Gasteiger partial charge in [0.1, 0.15) is 29.9 Å². The van der Waals surface area contributed by atoms with Crippen LogP contribution in [0.2, 0.25) is 0 Å². The number of carbonyl (C=O) groups is 3. The van der Waals surface area contributed by atoms with Crippen LogP contribution in [-0.4, -0.2) is 62.8 Å². The van der Waals surface area contributed by atoms with E-state index in [0.717, 1.165) is 24.2 Å². The Kier molecular flexibility index (Phi) is 6.77. The van der Waals surface area contributed by atoms with E-state index in [1.165, 1.54) is 23.8 Å². The zero-order valence-electron chi connectivity index (χ0n) is 16.3. The van der Waals surface area contributed by atoms with E-state index in [9.17, 15) is 19.5 Å². The Bertz CT molecular complexity index is 955. The Hall–Kier alpha value is -2.86. The van der Waals surface area contributed by atoms with Crippen LogP contribution in [0.15, 0.2) is 34.0 Å². The molecule has 160 valence electrons. The molecule has 4 N–H and O–H groups in total. The van der Waals surface area contributed by atoms with Crippen molar-refractivity contribution < 1.29 is 24.3 Å². The fourth-order valence-corrected chi connectivity index (χ4v) is 4.93. The first-order valence-corrected chi connectivity index (χ1v) is 11.0. The van der Waals surface area contributed by atoms with Gasteiger partial charge in [0.05, 0.1) is 0 Å². The molecule has 1 saturated heterocycles. The lowest BCUT2D eigenvalue weighted by Gasteiger charge is -2.49. The molecule has 0 unspecified atom stereocenters. The van der Waals surface area contributed by atoms with Gasteiger partial charge < -0.3 is 21.0 Å². The maximum Gasteiger partial charge on any atom is 0.352 e. The van der Waals surface area contributed by atoms with Gasteiger partial charge in [-0.2, -0.15) is 0 Å². The molecule has 1 aromatic rings. The Balaban J connectivity index is 1.78. The summed E-state index contributed by atoms with van der Waals surface area (Å²) in [6.45, 7) is 2.02. The summed E-state index contributed by atoms with van der Waals surface area (Å²) in [6.07, 6.45) is 5.41. The summed E-state index contributed by atoms with van der Waals surface area (Å²) in [6, 6.07) is -0.879.